The van der Waals surface area contributed by atoms with E-state index < -0.39 is 0 Å². The predicted molar refractivity (Wildman–Crippen MR) is 114 cm³/mol. The van der Waals surface area contributed by atoms with E-state index in [1.807, 2.05) is 12.1 Å². The molecule has 2 fully saturated rings. The van der Waals surface area contributed by atoms with E-state index in [9.17, 15) is 9.59 Å². The van der Waals surface area contributed by atoms with Gasteiger partial charge in [-0.3, -0.25) is 19.5 Å². The van der Waals surface area contributed by atoms with Gasteiger partial charge >= 0.3 is 0 Å². The van der Waals surface area contributed by atoms with E-state index in [0.717, 1.165) is 30.9 Å². The molecule has 0 radical (unpaired) electrons. The fourth-order valence-electron chi connectivity index (χ4n) is 3.64. The SMILES string of the molecule is Cl.Cl.NCC(=O)NC[C@@H]1CC[C@H](CC(=O)NCc2ccncc2)N1CC1CC1. The average molecular weight is 432 g/mol. The Labute approximate surface area is 179 Å². The van der Waals surface area contributed by atoms with E-state index in [4.69, 9.17) is 5.73 Å². The summed E-state index contributed by atoms with van der Waals surface area (Å²) in [7, 11) is 0. The molecule has 0 aromatic carbocycles. The molecule has 1 aromatic rings. The zero-order valence-corrected chi connectivity index (χ0v) is 17.6. The van der Waals surface area contributed by atoms with Crippen molar-refractivity contribution >= 4 is 36.6 Å². The average Bonchev–Trinajstić information content (AvgIpc) is 3.41. The Morgan fingerprint density at radius 3 is 2.36 bits per heavy atom. The maximum atomic E-state index is 12.4. The van der Waals surface area contributed by atoms with Crippen molar-refractivity contribution in [3.8, 4) is 0 Å². The Balaban J connectivity index is 0.00000196. The number of carbonyl (C=O) groups excluding carboxylic acids is 2. The van der Waals surface area contributed by atoms with Gasteiger partial charge in [-0.2, -0.15) is 0 Å². The summed E-state index contributed by atoms with van der Waals surface area (Å²) in [5, 5.41) is 5.92. The van der Waals surface area contributed by atoms with Crippen molar-refractivity contribution in [3.63, 3.8) is 0 Å². The molecule has 9 heteroatoms. The van der Waals surface area contributed by atoms with Crippen molar-refractivity contribution < 1.29 is 9.59 Å². The van der Waals surface area contributed by atoms with Crippen LogP contribution in [0, 0.1) is 5.92 Å². The second-order valence-electron chi connectivity index (χ2n) is 7.37. The van der Waals surface area contributed by atoms with Crippen LogP contribution >= 0.6 is 24.8 Å². The van der Waals surface area contributed by atoms with Gasteiger partial charge in [-0.25, -0.2) is 0 Å². The number of amides is 2. The number of likely N-dealkylation sites (tertiary alicyclic amines) is 1. The van der Waals surface area contributed by atoms with Crippen LogP contribution in [0.5, 0.6) is 0 Å². The highest BCUT2D eigenvalue weighted by Crippen LogP contribution is 2.35. The molecule has 0 spiro atoms. The highest BCUT2D eigenvalue weighted by Gasteiger charge is 2.37. The number of hydrogen-bond donors (Lipinski definition) is 3. The normalized spacial score (nSPS) is 21.3. The molecule has 1 saturated heterocycles. The highest BCUT2D eigenvalue weighted by molar-refractivity contribution is 5.85. The van der Waals surface area contributed by atoms with E-state index in [1.54, 1.807) is 12.4 Å². The van der Waals surface area contributed by atoms with Crippen molar-refractivity contribution in [1.82, 2.24) is 20.5 Å². The number of carbonyl (C=O) groups is 2. The minimum atomic E-state index is -0.116. The third kappa shape index (κ3) is 7.54. The third-order valence-corrected chi connectivity index (χ3v) is 5.32. The molecule has 2 heterocycles. The van der Waals surface area contributed by atoms with Crippen LogP contribution in [0.1, 0.15) is 37.7 Å². The van der Waals surface area contributed by atoms with Crippen LogP contribution in [-0.4, -0.2) is 53.4 Å². The maximum absolute atomic E-state index is 12.4. The van der Waals surface area contributed by atoms with Crippen LogP contribution < -0.4 is 16.4 Å². The number of pyridine rings is 1. The fraction of sp³-hybridized carbons (Fsp3) is 0.632. The topological polar surface area (TPSA) is 100 Å². The van der Waals surface area contributed by atoms with Crippen molar-refractivity contribution in [1.29, 1.82) is 0 Å². The first-order valence-electron chi connectivity index (χ1n) is 9.54. The Bertz CT molecular complexity index is 616. The summed E-state index contributed by atoms with van der Waals surface area (Å²) in [5.74, 6) is 0.720. The molecule has 1 saturated carbocycles. The summed E-state index contributed by atoms with van der Waals surface area (Å²) in [6, 6.07) is 4.38. The lowest BCUT2D eigenvalue weighted by Crippen LogP contribution is -2.46. The van der Waals surface area contributed by atoms with Crippen LogP contribution in [-0.2, 0) is 16.1 Å². The summed E-state index contributed by atoms with van der Waals surface area (Å²) in [4.78, 5) is 30.3. The number of halogens is 2. The van der Waals surface area contributed by atoms with Crippen LogP contribution in [0.25, 0.3) is 0 Å². The first-order chi connectivity index (χ1) is 12.7. The smallest absolute Gasteiger partial charge is 0.233 e. The van der Waals surface area contributed by atoms with Gasteiger partial charge in [0.05, 0.1) is 6.54 Å². The number of hydrogen-bond acceptors (Lipinski definition) is 5. The molecular formula is C19H31Cl2N5O2. The van der Waals surface area contributed by atoms with Gasteiger partial charge in [-0.15, -0.1) is 24.8 Å². The molecule has 4 N–H and O–H groups in total. The summed E-state index contributed by atoms with van der Waals surface area (Å²) >= 11 is 0. The van der Waals surface area contributed by atoms with Crippen molar-refractivity contribution in [2.45, 2.75) is 50.7 Å². The Kier molecular flexibility index (Phi) is 10.7. The molecular weight excluding hydrogens is 401 g/mol. The second-order valence-corrected chi connectivity index (χ2v) is 7.37. The highest BCUT2D eigenvalue weighted by atomic mass is 35.5. The molecule has 2 atom stereocenters. The van der Waals surface area contributed by atoms with Crippen molar-refractivity contribution in [2.75, 3.05) is 19.6 Å². The van der Waals surface area contributed by atoms with Gasteiger partial charge in [0.25, 0.3) is 0 Å². The Morgan fingerprint density at radius 2 is 1.71 bits per heavy atom. The van der Waals surface area contributed by atoms with Crippen LogP contribution in [0.3, 0.4) is 0 Å². The quantitative estimate of drug-likeness (QED) is 0.546. The van der Waals surface area contributed by atoms with Crippen LogP contribution in [0.15, 0.2) is 24.5 Å². The molecule has 2 amide bonds. The first kappa shape index (κ1) is 24.6. The van der Waals surface area contributed by atoms with Gasteiger partial charge in [0.15, 0.2) is 0 Å². The molecule has 2 aliphatic rings. The van der Waals surface area contributed by atoms with Crippen molar-refractivity contribution in [3.05, 3.63) is 30.1 Å². The second kappa shape index (κ2) is 12.2. The molecule has 1 aliphatic heterocycles. The van der Waals surface area contributed by atoms with Gasteiger partial charge in [0, 0.05) is 50.5 Å². The number of nitrogens with two attached hydrogens (primary N) is 1. The standard InChI is InChI=1S/C19H29N5O2.2ClH/c20-10-19(26)23-12-17-4-3-16(24(17)13-15-1-2-15)9-18(25)22-11-14-5-7-21-8-6-14;;/h5-8,15-17H,1-4,9-13,20H2,(H,22,25)(H,23,26);2*1H/t16-,17+;;/m1../s1. The molecule has 28 heavy (non-hydrogen) atoms. The Morgan fingerprint density at radius 1 is 1.04 bits per heavy atom. The van der Waals surface area contributed by atoms with E-state index >= 15 is 0 Å². The zero-order chi connectivity index (χ0) is 18.4. The molecule has 0 unspecified atom stereocenters. The van der Waals surface area contributed by atoms with Crippen LogP contribution in [0.2, 0.25) is 0 Å². The molecule has 1 aliphatic carbocycles. The molecule has 0 bridgehead atoms. The minimum absolute atomic E-state index is 0. The minimum Gasteiger partial charge on any atom is -0.353 e. The lowest BCUT2D eigenvalue weighted by atomic mass is 10.1. The summed E-state index contributed by atoms with van der Waals surface area (Å²) in [5.41, 5.74) is 6.43. The summed E-state index contributed by atoms with van der Waals surface area (Å²) in [6.07, 6.45) is 8.54. The monoisotopic (exact) mass is 431 g/mol. The summed E-state index contributed by atoms with van der Waals surface area (Å²) in [6.45, 7) is 2.21. The van der Waals surface area contributed by atoms with E-state index in [2.05, 4.69) is 20.5 Å². The van der Waals surface area contributed by atoms with Gasteiger partial charge in [-0.1, -0.05) is 0 Å². The predicted octanol–water partition coefficient (Wildman–Crippen LogP) is 1.25. The first-order valence-corrected chi connectivity index (χ1v) is 9.54. The van der Waals surface area contributed by atoms with E-state index in [0.29, 0.717) is 25.6 Å². The van der Waals surface area contributed by atoms with E-state index in [-0.39, 0.29) is 49.2 Å². The number of nitrogens with one attached hydrogen (secondary N) is 2. The van der Waals surface area contributed by atoms with E-state index in [1.165, 1.54) is 12.8 Å². The van der Waals surface area contributed by atoms with Gasteiger partial charge in [0.1, 0.15) is 0 Å². The van der Waals surface area contributed by atoms with Crippen LogP contribution in [0.4, 0.5) is 0 Å². The molecule has 3 rings (SSSR count). The zero-order valence-electron chi connectivity index (χ0n) is 16.0. The Hall–Kier alpha value is -1.41. The molecule has 158 valence electrons. The molecule has 7 nitrogen and oxygen atoms in total. The van der Waals surface area contributed by atoms with Gasteiger partial charge in [-0.05, 0) is 49.3 Å². The van der Waals surface area contributed by atoms with Crippen molar-refractivity contribution in [2.24, 2.45) is 11.7 Å². The summed E-state index contributed by atoms with van der Waals surface area (Å²) < 4.78 is 0. The fourth-order valence-corrected chi connectivity index (χ4v) is 3.64. The molecule has 1 aromatic heterocycles. The lowest BCUT2D eigenvalue weighted by Gasteiger charge is -2.30. The number of rotatable bonds is 9. The number of aromatic nitrogens is 1. The van der Waals surface area contributed by atoms with Gasteiger partial charge in [0.2, 0.25) is 11.8 Å². The lowest BCUT2D eigenvalue weighted by molar-refractivity contribution is -0.123. The van der Waals surface area contributed by atoms with Gasteiger partial charge < -0.3 is 16.4 Å². The third-order valence-electron chi connectivity index (χ3n) is 5.32. The maximum Gasteiger partial charge on any atom is 0.233 e. The number of nitrogens with zero attached hydrogens (tertiary/aromatic N) is 2. The largest absolute Gasteiger partial charge is 0.353 e.